The minimum absolute atomic E-state index is 0.112. The summed E-state index contributed by atoms with van der Waals surface area (Å²) >= 11 is 1.05. The molecule has 2 rings (SSSR count). The smallest absolute Gasteiger partial charge is 0.346 e. The lowest BCUT2D eigenvalue weighted by atomic mass is 10.0. The van der Waals surface area contributed by atoms with E-state index in [4.69, 9.17) is 9.84 Å². The summed E-state index contributed by atoms with van der Waals surface area (Å²) in [5.74, 6) is -0.562. The number of rotatable bonds is 5. The van der Waals surface area contributed by atoms with E-state index in [2.05, 4.69) is 16.3 Å². The first-order valence-electron chi connectivity index (χ1n) is 6.38. The average molecular weight is 303 g/mol. The molecule has 6 nitrogen and oxygen atoms in total. The molecule has 0 amide bonds. The lowest BCUT2D eigenvalue weighted by molar-refractivity contribution is 0.0702. The maximum absolute atomic E-state index is 10.8. The topological polar surface area (TPSA) is 96.1 Å². The third-order valence-electron chi connectivity index (χ3n) is 2.93. The van der Waals surface area contributed by atoms with Crippen molar-refractivity contribution in [2.45, 2.75) is 26.7 Å². The zero-order valence-corrected chi connectivity index (χ0v) is 12.4. The highest BCUT2D eigenvalue weighted by Crippen LogP contribution is 2.29. The lowest BCUT2D eigenvalue weighted by Gasteiger charge is -2.10. The maximum atomic E-state index is 10.8. The summed E-state index contributed by atoms with van der Waals surface area (Å²) in [5.41, 5.74) is 1.95. The summed E-state index contributed by atoms with van der Waals surface area (Å²) < 4.78 is 5.52. The summed E-state index contributed by atoms with van der Waals surface area (Å²) in [7, 11) is 0. The Morgan fingerprint density at radius 1 is 1.43 bits per heavy atom. The molecule has 0 radical (unpaired) electrons. The van der Waals surface area contributed by atoms with Gasteiger partial charge in [-0.15, -0.1) is 16.4 Å². The van der Waals surface area contributed by atoms with Crippen LogP contribution in [0.4, 0.5) is 0 Å². The fraction of sp³-hybridized carbons (Fsp3) is 0.286. The Balaban J connectivity index is 2.40. The minimum Gasteiger partial charge on any atom is -0.477 e. The summed E-state index contributed by atoms with van der Waals surface area (Å²) in [6, 6.07) is 3.50. The normalized spacial score (nSPS) is 10.1. The standard InChI is InChI=1S/C14H13N3O3S/c1-3-9-10(6-15)13(17-16-11(9)4-2)20-8-5-12(14(18)19)21-7-8/h5,7H,3-4H2,1-2H3,(H,18,19). The van der Waals surface area contributed by atoms with E-state index >= 15 is 0 Å². The lowest BCUT2D eigenvalue weighted by Crippen LogP contribution is -2.05. The van der Waals surface area contributed by atoms with Gasteiger partial charge in [0.1, 0.15) is 22.3 Å². The second-order valence-electron chi connectivity index (χ2n) is 4.18. The fourth-order valence-electron chi connectivity index (χ4n) is 1.94. The van der Waals surface area contributed by atoms with Gasteiger partial charge < -0.3 is 9.84 Å². The first kappa shape index (κ1) is 14.9. The van der Waals surface area contributed by atoms with E-state index in [9.17, 15) is 10.1 Å². The van der Waals surface area contributed by atoms with Crippen molar-refractivity contribution >= 4 is 17.3 Å². The number of aromatic nitrogens is 2. The Labute approximate surface area is 125 Å². The van der Waals surface area contributed by atoms with E-state index < -0.39 is 5.97 Å². The fourth-order valence-corrected chi connectivity index (χ4v) is 2.58. The summed E-state index contributed by atoms with van der Waals surface area (Å²) in [6.07, 6.45) is 1.34. The molecule has 0 aliphatic rings. The van der Waals surface area contributed by atoms with Gasteiger partial charge in [-0.05, 0) is 18.4 Å². The largest absolute Gasteiger partial charge is 0.477 e. The number of ether oxygens (including phenoxy) is 1. The van der Waals surface area contributed by atoms with Crippen molar-refractivity contribution in [3.05, 3.63) is 33.1 Å². The van der Waals surface area contributed by atoms with Crippen molar-refractivity contribution in [2.24, 2.45) is 0 Å². The molecule has 0 spiro atoms. The molecule has 0 unspecified atom stereocenters. The van der Waals surface area contributed by atoms with Gasteiger partial charge in [0.2, 0.25) is 0 Å². The van der Waals surface area contributed by atoms with Crippen LogP contribution >= 0.6 is 11.3 Å². The SMILES string of the molecule is CCc1nnc(Oc2csc(C(=O)O)c2)c(C#N)c1CC. The quantitative estimate of drug-likeness (QED) is 0.912. The number of aryl methyl sites for hydroxylation is 1. The molecule has 1 N–H and O–H groups in total. The molecule has 2 aromatic rings. The molecular weight excluding hydrogens is 290 g/mol. The Morgan fingerprint density at radius 3 is 2.71 bits per heavy atom. The number of carboxylic acid groups (broad SMARTS) is 1. The number of hydrogen-bond acceptors (Lipinski definition) is 6. The van der Waals surface area contributed by atoms with E-state index in [1.165, 1.54) is 6.07 Å². The molecule has 0 saturated carbocycles. The second-order valence-corrected chi connectivity index (χ2v) is 5.09. The highest BCUT2D eigenvalue weighted by molar-refractivity contribution is 7.12. The van der Waals surface area contributed by atoms with Crippen LogP contribution < -0.4 is 4.74 Å². The molecule has 7 heteroatoms. The Kier molecular flexibility index (Phi) is 4.50. The molecule has 2 heterocycles. The van der Waals surface area contributed by atoms with E-state index in [1.807, 2.05) is 13.8 Å². The van der Waals surface area contributed by atoms with Gasteiger partial charge >= 0.3 is 5.97 Å². The van der Waals surface area contributed by atoms with Gasteiger partial charge in [0.25, 0.3) is 5.88 Å². The Bertz CT molecular complexity index is 719. The third-order valence-corrected chi connectivity index (χ3v) is 3.82. The highest BCUT2D eigenvalue weighted by atomic mass is 32.1. The van der Waals surface area contributed by atoms with E-state index in [0.717, 1.165) is 22.6 Å². The first-order valence-corrected chi connectivity index (χ1v) is 7.26. The molecule has 0 fully saturated rings. The number of carboxylic acids is 1. The van der Waals surface area contributed by atoms with E-state index in [-0.39, 0.29) is 10.8 Å². The molecule has 0 saturated heterocycles. The van der Waals surface area contributed by atoms with Crippen LogP contribution in [-0.4, -0.2) is 21.3 Å². The molecular formula is C14H13N3O3S. The van der Waals surface area contributed by atoms with Gasteiger partial charge in [0.05, 0.1) is 5.69 Å². The Morgan fingerprint density at radius 2 is 2.19 bits per heavy atom. The molecule has 0 aromatic carbocycles. The van der Waals surface area contributed by atoms with Crippen LogP contribution in [0, 0.1) is 11.3 Å². The minimum atomic E-state index is -1.02. The van der Waals surface area contributed by atoms with Crippen molar-refractivity contribution in [1.82, 2.24) is 10.2 Å². The van der Waals surface area contributed by atoms with E-state index in [1.54, 1.807) is 5.38 Å². The molecule has 0 atom stereocenters. The van der Waals surface area contributed by atoms with Crippen LogP contribution in [0.5, 0.6) is 11.6 Å². The summed E-state index contributed by atoms with van der Waals surface area (Å²) in [6.45, 7) is 3.89. The van der Waals surface area contributed by atoms with Gasteiger partial charge in [-0.1, -0.05) is 13.8 Å². The zero-order valence-electron chi connectivity index (χ0n) is 11.6. The van der Waals surface area contributed by atoms with Gasteiger partial charge in [-0.25, -0.2) is 4.79 Å². The van der Waals surface area contributed by atoms with Gasteiger partial charge in [0, 0.05) is 11.4 Å². The van der Waals surface area contributed by atoms with Crippen LogP contribution in [0.25, 0.3) is 0 Å². The zero-order chi connectivity index (χ0) is 15.4. The predicted molar refractivity (Wildman–Crippen MR) is 76.9 cm³/mol. The molecule has 21 heavy (non-hydrogen) atoms. The van der Waals surface area contributed by atoms with Crippen LogP contribution in [0.2, 0.25) is 0 Å². The number of aromatic carboxylic acids is 1. The molecule has 0 aliphatic carbocycles. The van der Waals surface area contributed by atoms with Crippen LogP contribution in [-0.2, 0) is 12.8 Å². The van der Waals surface area contributed by atoms with Crippen molar-refractivity contribution in [2.75, 3.05) is 0 Å². The Hall–Kier alpha value is -2.46. The van der Waals surface area contributed by atoms with Gasteiger partial charge in [-0.3, -0.25) is 0 Å². The number of nitriles is 1. The number of hydrogen-bond donors (Lipinski definition) is 1. The van der Waals surface area contributed by atoms with Crippen LogP contribution in [0.1, 0.15) is 40.3 Å². The second kappa shape index (κ2) is 6.33. The predicted octanol–water partition coefficient (Wildman–Crippen LogP) is 3.03. The molecule has 0 bridgehead atoms. The summed E-state index contributed by atoms with van der Waals surface area (Å²) in [4.78, 5) is 11.0. The van der Waals surface area contributed by atoms with Crippen molar-refractivity contribution in [3.63, 3.8) is 0 Å². The molecule has 108 valence electrons. The number of thiophene rings is 1. The summed E-state index contributed by atoms with van der Waals surface area (Å²) in [5, 5.41) is 27.8. The maximum Gasteiger partial charge on any atom is 0.346 e. The van der Waals surface area contributed by atoms with Crippen molar-refractivity contribution in [1.29, 1.82) is 5.26 Å². The van der Waals surface area contributed by atoms with Gasteiger partial charge in [0.15, 0.2) is 0 Å². The van der Waals surface area contributed by atoms with Crippen molar-refractivity contribution in [3.8, 4) is 17.7 Å². The van der Waals surface area contributed by atoms with E-state index in [0.29, 0.717) is 24.2 Å². The number of nitrogens with zero attached hydrogens (tertiary/aromatic N) is 3. The third kappa shape index (κ3) is 3.01. The first-order chi connectivity index (χ1) is 10.1. The van der Waals surface area contributed by atoms with Crippen LogP contribution in [0.15, 0.2) is 11.4 Å². The highest BCUT2D eigenvalue weighted by Gasteiger charge is 2.17. The average Bonchev–Trinajstić information content (AvgIpc) is 2.95. The van der Waals surface area contributed by atoms with Gasteiger partial charge in [-0.2, -0.15) is 10.4 Å². The van der Waals surface area contributed by atoms with Crippen LogP contribution in [0.3, 0.4) is 0 Å². The van der Waals surface area contributed by atoms with Crippen molar-refractivity contribution < 1.29 is 14.6 Å². The number of carbonyl (C=O) groups is 1. The molecule has 2 aromatic heterocycles. The monoisotopic (exact) mass is 303 g/mol. The molecule has 0 aliphatic heterocycles.